The molecule has 2 aromatic rings. The van der Waals surface area contributed by atoms with Gasteiger partial charge in [0.1, 0.15) is 10.8 Å². The fourth-order valence-electron chi connectivity index (χ4n) is 1.38. The lowest BCUT2D eigenvalue weighted by Gasteiger charge is -1.99. The van der Waals surface area contributed by atoms with Crippen LogP contribution in [0.3, 0.4) is 0 Å². The lowest BCUT2D eigenvalue weighted by molar-refractivity contribution is 0.626. The van der Waals surface area contributed by atoms with Crippen LogP contribution in [-0.4, -0.2) is 9.19 Å². The van der Waals surface area contributed by atoms with E-state index in [1.807, 2.05) is 13.8 Å². The second kappa shape index (κ2) is 5.06. The van der Waals surface area contributed by atoms with Crippen molar-refractivity contribution in [2.24, 2.45) is 0 Å². The maximum absolute atomic E-state index is 12.7. The van der Waals surface area contributed by atoms with Crippen molar-refractivity contribution in [3.63, 3.8) is 0 Å². The number of halogens is 1. The van der Waals surface area contributed by atoms with Gasteiger partial charge in [-0.1, -0.05) is 0 Å². The van der Waals surface area contributed by atoms with E-state index < -0.39 is 10.8 Å². The predicted octanol–water partition coefficient (Wildman–Crippen LogP) is 3.21. The molecule has 0 saturated carbocycles. The average molecular weight is 269 g/mol. The van der Waals surface area contributed by atoms with E-state index in [9.17, 15) is 8.60 Å². The molecule has 0 bridgehead atoms. The lowest BCUT2D eigenvalue weighted by Crippen LogP contribution is -1.96. The molecule has 90 valence electrons. The molecule has 17 heavy (non-hydrogen) atoms. The topological polar surface area (TPSA) is 30.0 Å². The monoisotopic (exact) mass is 269 g/mol. The average Bonchev–Trinajstić information content (AvgIpc) is 2.58. The second-order valence-electron chi connectivity index (χ2n) is 3.69. The van der Waals surface area contributed by atoms with Gasteiger partial charge in [-0.25, -0.2) is 9.37 Å². The Labute approximate surface area is 106 Å². The summed E-state index contributed by atoms with van der Waals surface area (Å²) < 4.78 is 24.7. The van der Waals surface area contributed by atoms with Crippen LogP contribution in [0.1, 0.15) is 15.6 Å². The molecule has 5 heteroatoms. The molecule has 0 aliphatic carbocycles. The number of aromatic nitrogens is 1. The molecule has 1 unspecified atom stereocenters. The van der Waals surface area contributed by atoms with E-state index in [1.165, 1.54) is 12.1 Å². The number of hydrogen-bond acceptors (Lipinski definition) is 3. The Balaban J connectivity index is 2.14. The number of rotatable bonds is 3. The minimum atomic E-state index is -1.16. The molecule has 0 radical (unpaired) electrons. The zero-order chi connectivity index (χ0) is 12.4. The first kappa shape index (κ1) is 12.4. The Hall–Kier alpha value is -1.07. The SMILES string of the molecule is Cc1nc(CS(=O)c2ccc(F)cc2)sc1C. The van der Waals surface area contributed by atoms with Crippen molar-refractivity contribution in [2.75, 3.05) is 0 Å². The molecule has 1 aromatic carbocycles. The van der Waals surface area contributed by atoms with E-state index in [4.69, 9.17) is 0 Å². The molecular formula is C12H12FNOS2. The molecule has 0 saturated heterocycles. The zero-order valence-corrected chi connectivity index (χ0v) is 11.2. The third kappa shape index (κ3) is 2.98. The number of benzene rings is 1. The van der Waals surface area contributed by atoms with Crippen LogP contribution in [0.4, 0.5) is 4.39 Å². The maximum Gasteiger partial charge on any atom is 0.123 e. The summed E-state index contributed by atoms with van der Waals surface area (Å²) in [7, 11) is -1.16. The van der Waals surface area contributed by atoms with Crippen LogP contribution in [0.5, 0.6) is 0 Å². The highest BCUT2D eigenvalue weighted by Gasteiger charge is 2.09. The Morgan fingerprint density at radius 3 is 2.47 bits per heavy atom. The molecule has 2 nitrogen and oxygen atoms in total. The van der Waals surface area contributed by atoms with Gasteiger partial charge in [-0.3, -0.25) is 4.21 Å². The van der Waals surface area contributed by atoms with Gasteiger partial charge in [0.2, 0.25) is 0 Å². The van der Waals surface area contributed by atoms with Crippen LogP contribution >= 0.6 is 11.3 Å². The van der Waals surface area contributed by atoms with Crippen LogP contribution in [0, 0.1) is 19.7 Å². The van der Waals surface area contributed by atoms with E-state index in [1.54, 1.807) is 23.5 Å². The summed E-state index contributed by atoms with van der Waals surface area (Å²) >= 11 is 1.56. The molecule has 0 aliphatic heterocycles. The molecule has 0 fully saturated rings. The summed E-state index contributed by atoms with van der Waals surface area (Å²) in [6.45, 7) is 3.94. The lowest BCUT2D eigenvalue weighted by atomic mass is 10.4. The maximum atomic E-state index is 12.7. The van der Waals surface area contributed by atoms with Crippen LogP contribution in [0.2, 0.25) is 0 Å². The summed E-state index contributed by atoms with van der Waals surface area (Å²) in [5.74, 6) is 0.0806. The van der Waals surface area contributed by atoms with E-state index >= 15 is 0 Å². The van der Waals surface area contributed by atoms with Crippen LogP contribution in [0.25, 0.3) is 0 Å². The van der Waals surface area contributed by atoms with Crippen molar-refractivity contribution in [3.05, 3.63) is 45.7 Å². The van der Waals surface area contributed by atoms with Crippen molar-refractivity contribution < 1.29 is 8.60 Å². The Morgan fingerprint density at radius 1 is 1.29 bits per heavy atom. The van der Waals surface area contributed by atoms with E-state index in [0.717, 1.165) is 15.6 Å². The molecule has 1 atom stereocenters. The van der Waals surface area contributed by atoms with Gasteiger partial charge in [-0.2, -0.15) is 0 Å². The number of thiazole rings is 1. The fraction of sp³-hybridized carbons (Fsp3) is 0.250. The second-order valence-corrected chi connectivity index (χ2v) is 6.43. The summed E-state index contributed by atoms with van der Waals surface area (Å²) in [6, 6.07) is 5.76. The van der Waals surface area contributed by atoms with Crippen LogP contribution in [0.15, 0.2) is 29.2 Å². The molecule has 0 N–H and O–H groups in total. The highest BCUT2D eigenvalue weighted by Crippen LogP contribution is 2.20. The van der Waals surface area contributed by atoms with Crippen molar-refractivity contribution in [1.29, 1.82) is 0 Å². The number of hydrogen-bond donors (Lipinski definition) is 0. The normalized spacial score (nSPS) is 12.6. The standard InChI is InChI=1S/C12H12FNOS2/c1-8-9(2)16-12(14-8)7-17(15)11-5-3-10(13)4-6-11/h3-6H,7H2,1-2H3. The quantitative estimate of drug-likeness (QED) is 0.856. The van der Waals surface area contributed by atoms with Gasteiger partial charge in [0, 0.05) is 9.77 Å². The molecule has 1 heterocycles. The Bertz CT molecular complexity index is 529. The zero-order valence-electron chi connectivity index (χ0n) is 9.57. The predicted molar refractivity (Wildman–Crippen MR) is 68.1 cm³/mol. The van der Waals surface area contributed by atoms with E-state index in [2.05, 4.69) is 4.98 Å². The van der Waals surface area contributed by atoms with Gasteiger partial charge in [-0.15, -0.1) is 11.3 Å². The summed E-state index contributed by atoms with van der Waals surface area (Å²) in [5, 5.41) is 0.864. The summed E-state index contributed by atoms with van der Waals surface area (Å²) in [6.07, 6.45) is 0. The minimum absolute atomic E-state index is 0.313. The molecule has 0 spiro atoms. The highest BCUT2D eigenvalue weighted by molar-refractivity contribution is 7.84. The van der Waals surface area contributed by atoms with Crippen molar-refractivity contribution in [3.8, 4) is 0 Å². The van der Waals surface area contributed by atoms with Crippen molar-refractivity contribution >= 4 is 22.1 Å². The molecular weight excluding hydrogens is 257 g/mol. The third-order valence-corrected chi connectivity index (χ3v) is 4.99. The van der Waals surface area contributed by atoms with Gasteiger partial charge >= 0.3 is 0 Å². The molecule has 1 aromatic heterocycles. The minimum Gasteiger partial charge on any atom is -0.254 e. The van der Waals surface area contributed by atoms with E-state index in [-0.39, 0.29) is 5.82 Å². The van der Waals surface area contributed by atoms with Gasteiger partial charge in [0.15, 0.2) is 0 Å². The first-order chi connectivity index (χ1) is 8.06. The summed E-state index contributed by atoms with van der Waals surface area (Å²) in [4.78, 5) is 6.13. The van der Waals surface area contributed by atoms with Crippen LogP contribution < -0.4 is 0 Å². The van der Waals surface area contributed by atoms with Gasteiger partial charge in [-0.05, 0) is 38.1 Å². The third-order valence-electron chi connectivity index (χ3n) is 2.40. The van der Waals surface area contributed by atoms with Crippen LogP contribution in [-0.2, 0) is 16.6 Å². The first-order valence-electron chi connectivity index (χ1n) is 5.13. The number of aryl methyl sites for hydroxylation is 2. The summed E-state index contributed by atoms with van der Waals surface area (Å²) in [5.41, 5.74) is 0.987. The largest absolute Gasteiger partial charge is 0.254 e. The van der Waals surface area contributed by atoms with Gasteiger partial charge < -0.3 is 0 Å². The smallest absolute Gasteiger partial charge is 0.123 e. The van der Waals surface area contributed by atoms with Gasteiger partial charge in [0.05, 0.1) is 22.2 Å². The van der Waals surface area contributed by atoms with Gasteiger partial charge in [0.25, 0.3) is 0 Å². The number of nitrogens with zero attached hydrogens (tertiary/aromatic N) is 1. The first-order valence-corrected chi connectivity index (χ1v) is 7.26. The molecule has 0 aliphatic rings. The van der Waals surface area contributed by atoms with E-state index in [0.29, 0.717) is 10.6 Å². The van der Waals surface area contributed by atoms with Crippen molar-refractivity contribution in [1.82, 2.24) is 4.98 Å². The Morgan fingerprint density at radius 2 is 1.94 bits per heavy atom. The molecule has 0 amide bonds. The fourth-order valence-corrected chi connectivity index (χ4v) is 3.56. The highest BCUT2D eigenvalue weighted by atomic mass is 32.2. The molecule has 2 rings (SSSR count). The Kier molecular flexibility index (Phi) is 3.69. The van der Waals surface area contributed by atoms with Crippen molar-refractivity contribution in [2.45, 2.75) is 24.5 Å².